The predicted octanol–water partition coefficient (Wildman–Crippen LogP) is 5.36. The first kappa shape index (κ1) is 22.6. The zero-order chi connectivity index (χ0) is 22.1. The Morgan fingerprint density at radius 2 is 1.10 bits per heavy atom. The van der Waals surface area contributed by atoms with Crippen molar-refractivity contribution in [2.45, 2.75) is 71.9 Å². The minimum Gasteiger partial charge on any atom is -0.508 e. The first-order valence-electron chi connectivity index (χ1n) is 11.0. The summed E-state index contributed by atoms with van der Waals surface area (Å²) in [5, 5.41) is 20.8. The van der Waals surface area contributed by atoms with E-state index in [2.05, 4.69) is 63.5 Å². The fraction of sp³-hybridized carbons (Fsp3) is 0.538. The Morgan fingerprint density at radius 1 is 0.700 bits per heavy atom. The molecule has 0 amide bonds. The van der Waals surface area contributed by atoms with E-state index in [-0.39, 0.29) is 10.8 Å². The highest BCUT2D eigenvalue weighted by Crippen LogP contribution is 2.30. The third kappa shape index (κ3) is 5.55. The first-order valence-corrected chi connectivity index (χ1v) is 11.0. The van der Waals surface area contributed by atoms with Crippen LogP contribution in [-0.4, -0.2) is 39.8 Å². The van der Waals surface area contributed by atoms with Crippen molar-refractivity contribution in [3.8, 4) is 11.5 Å². The zero-order valence-electron chi connectivity index (χ0n) is 19.5. The number of benzene rings is 2. The predicted molar refractivity (Wildman–Crippen MR) is 124 cm³/mol. The molecule has 1 saturated heterocycles. The maximum Gasteiger partial charge on any atom is 0.120 e. The zero-order valence-corrected chi connectivity index (χ0v) is 19.5. The molecule has 0 unspecified atom stereocenters. The van der Waals surface area contributed by atoms with Crippen LogP contribution in [0.2, 0.25) is 0 Å². The summed E-state index contributed by atoms with van der Waals surface area (Å²) < 4.78 is 0. The molecular weight excluding hydrogens is 372 g/mol. The Labute approximate surface area is 182 Å². The third-order valence-electron chi connectivity index (χ3n) is 6.03. The Balaban J connectivity index is 1.71. The van der Waals surface area contributed by atoms with Crippen LogP contribution in [-0.2, 0) is 23.9 Å². The molecule has 1 aliphatic rings. The van der Waals surface area contributed by atoms with E-state index >= 15 is 0 Å². The van der Waals surface area contributed by atoms with Gasteiger partial charge >= 0.3 is 0 Å². The van der Waals surface area contributed by atoms with Crippen molar-refractivity contribution < 1.29 is 10.2 Å². The molecule has 0 saturated carbocycles. The molecule has 0 aromatic heterocycles. The maximum atomic E-state index is 10.4. The molecule has 1 heterocycles. The Morgan fingerprint density at radius 3 is 1.47 bits per heavy atom. The number of nitrogens with zero attached hydrogens (tertiary/aromatic N) is 2. The minimum absolute atomic E-state index is 0.0615. The van der Waals surface area contributed by atoms with Gasteiger partial charge in [-0.15, -0.1) is 0 Å². The molecule has 4 nitrogen and oxygen atoms in total. The molecule has 3 rings (SSSR count). The molecule has 164 valence electrons. The van der Waals surface area contributed by atoms with Gasteiger partial charge in [-0.1, -0.05) is 65.8 Å². The fourth-order valence-electron chi connectivity index (χ4n) is 4.04. The minimum atomic E-state index is 0.0615. The van der Waals surface area contributed by atoms with Crippen LogP contribution >= 0.6 is 0 Å². The van der Waals surface area contributed by atoms with Gasteiger partial charge in [-0.05, 0) is 40.5 Å². The average Bonchev–Trinajstić information content (AvgIpc) is 2.64. The second-order valence-electron chi connectivity index (χ2n) is 10.8. The topological polar surface area (TPSA) is 46.9 Å². The van der Waals surface area contributed by atoms with Crippen LogP contribution in [0.4, 0.5) is 0 Å². The number of aromatic hydroxyl groups is 2. The maximum absolute atomic E-state index is 10.4. The van der Waals surface area contributed by atoms with Gasteiger partial charge in [0.2, 0.25) is 0 Å². The van der Waals surface area contributed by atoms with E-state index in [0.29, 0.717) is 11.5 Å². The normalized spacial score (nSPS) is 16.7. The smallest absolute Gasteiger partial charge is 0.120 e. The third-order valence-corrected chi connectivity index (χ3v) is 6.03. The second-order valence-corrected chi connectivity index (χ2v) is 10.8. The summed E-state index contributed by atoms with van der Waals surface area (Å²) in [6, 6.07) is 12.0. The number of phenols is 2. The molecule has 0 aliphatic carbocycles. The lowest BCUT2D eigenvalue weighted by Gasteiger charge is -2.36. The summed E-state index contributed by atoms with van der Waals surface area (Å²) in [6.45, 7) is 17.5. The van der Waals surface area contributed by atoms with Gasteiger partial charge in [-0.25, -0.2) is 0 Å². The summed E-state index contributed by atoms with van der Waals surface area (Å²) in [7, 11) is 0. The van der Waals surface area contributed by atoms with Crippen LogP contribution in [0.25, 0.3) is 0 Å². The van der Waals surface area contributed by atoms with Crippen molar-refractivity contribution in [2.24, 2.45) is 0 Å². The van der Waals surface area contributed by atoms with Gasteiger partial charge < -0.3 is 10.2 Å². The Hall–Kier alpha value is -2.04. The fourth-order valence-corrected chi connectivity index (χ4v) is 4.04. The van der Waals surface area contributed by atoms with Crippen molar-refractivity contribution in [3.05, 3.63) is 58.7 Å². The molecule has 0 atom stereocenters. The van der Waals surface area contributed by atoms with E-state index in [1.807, 2.05) is 24.3 Å². The first-order chi connectivity index (χ1) is 13.9. The lowest BCUT2D eigenvalue weighted by atomic mass is 9.86. The van der Waals surface area contributed by atoms with Gasteiger partial charge in [0.25, 0.3) is 0 Å². The Bertz CT molecular complexity index is 806. The molecule has 2 N–H and O–H groups in total. The number of rotatable bonds is 4. The highest BCUT2D eigenvalue weighted by atomic mass is 16.3. The van der Waals surface area contributed by atoms with Crippen molar-refractivity contribution in [3.63, 3.8) is 0 Å². The van der Waals surface area contributed by atoms with E-state index in [9.17, 15) is 10.2 Å². The van der Waals surface area contributed by atoms with Crippen LogP contribution in [0, 0.1) is 0 Å². The van der Waals surface area contributed by atoms with Crippen LogP contribution in [0.15, 0.2) is 36.4 Å². The van der Waals surface area contributed by atoms with Crippen LogP contribution in [0.5, 0.6) is 11.5 Å². The summed E-state index contributed by atoms with van der Waals surface area (Å²) in [5.74, 6) is 0.742. The van der Waals surface area contributed by atoms with Gasteiger partial charge in [0.05, 0.1) is 6.67 Å². The molecular formula is C26H38N2O2. The van der Waals surface area contributed by atoms with E-state index in [1.165, 1.54) is 11.1 Å². The average molecular weight is 411 g/mol. The van der Waals surface area contributed by atoms with Gasteiger partial charge in [-0.2, -0.15) is 0 Å². The molecule has 1 fully saturated rings. The van der Waals surface area contributed by atoms with E-state index < -0.39 is 0 Å². The second kappa shape index (κ2) is 8.60. The highest BCUT2D eigenvalue weighted by Gasteiger charge is 2.22. The van der Waals surface area contributed by atoms with Crippen molar-refractivity contribution >= 4 is 0 Å². The van der Waals surface area contributed by atoms with Gasteiger partial charge in [0.15, 0.2) is 0 Å². The highest BCUT2D eigenvalue weighted by molar-refractivity contribution is 5.39. The van der Waals surface area contributed by atoms with Crippen molar-refractivity contribution in [1.82, 2.24) is 9.80 Å². The molecule has 0 radical (unpaired) electrons. The molecule has 0 bridgehead atoms. The van der Waals surface area contributed by atoms with Crippen molar-refractivity contribution in [2.75, 3.05) is 19.8 Å². The van der Waals surface area contributed by atoms with Crippen molar-refractivity contribution in [1.29, 1.82) is 0 Å². The van der Waals surface area contributed by atoms with Gasteiger partial charge in [-0.3, -0.25) is 9.80 Å². The van der Waals surface area contributed by atoms with Crippen LogP contribution in [0.3, 0.4) is 0 Å². The van der Waals surface area contributed by atoms with E-state index in [0.717, 1.165) is 50.4 Å². The lowest BCUT2D eigenvalue weighted by Crippen LogP contribution is -2.43. The standard InChI is InChI=1S/C26H38N2O2/c1-25(2,3)21-8-10-23(29)19(14-21)16-27-12-7-13-28(18-27)17-20-15-22(26(4,5)6)9-11-24(20)30/h8-11,14-15,29-30H,7,12-13,16-18H2,1-6H3. The molecule has 0 spiro atoms. The van der Waals surface area contributed by atoms with Crippen LogP contribution in [0.1, 0.15) is 70.2 Å². The largest absolute Gasteiger partial charge is 0.508 e. The molecule has 30 heavy (non-hydrogen) atoms. The van der Waals surface area contributed by atoms with Gasteiger partial charge in [0.1, 0.15) is 11.5 Å². The monoisotopic (exact) mass is 410 g/mol. The van der Waals surface area contributed by atoms with Gasteiger partial charge in [0, 0.05) is 37.3 Å². The quantitative estimate of drug-likeness (QED) is 0.712. The summed E-state index contributed by atoms with van der Waals surface area (Å²) >= 11 is 0. The van der Waals surface area contributed by atoms with E-state index in [4.69, 9.17) is 0 Å². The summed E-state index contributed by atoms with van der Waals surface area (Å²) in [4.78, 5) is 4.77. The van der Waals surface area contributed by atoms with Crippen LogP contribution < -0.4 is 0 Å². The van der Waals surface area contributed by atoms with E-state index in [1.54, 1.807) is 0 Å². The summed E-state index contributed by atoms with van der Waals surface area (Å²) in [5.41, 5.74) is 4.59. The molecule has 4 heteroatoms. The number of hydrogen-bond donors (Lipinski definition) is 2. The molecule has 2 aromatic carbocycles. The molecule has 2 aromatic rings. The lowest BCUT2D eigenvalue weighted by molar-refractivity contribution is 0.0734. The molecule has 1 aliphatic heterocycles. The summed E-state index contributed by atoms with van der Waals surface area (Å²) in [6.07, 6.45) is 1.08. The Kier molecular flexibility index (Phi) is 6.49. The SMILES string of the molecule is CC(C)(C)c1ccc(O)c(CN2CCCN(Cc3cc(C(C)(C)C)ccc3O)C2)c1. The number of phenolic OH excluding ortho intramolecular Hbond substituents is 2. The number of hydrogen-bond acceptors (Lipinski definition) is 4.